The SMILES string of the molecule is CNC(=O)[C@@H](N=C(OCc1ccccc1)[C@@H](CC(=O)O)n1ccc(-c2ccc(C#N)cc2)c1)C(C)(C)C. The van der Waals surface area contributed by atoms with Gasteiger partial charge >= 0.3 is 5.97 Å². The number of aliphatic imine (C=N–C) groups is 1. The Morgan fingerprint density at radius 1 is 1.08 bits per heavy atom. The van der Waals surface area contributed by atoms with Crippen LogP contribution in [0.15, 0.2) is 78.0 Å². The van der Waals surface area contributed by atoms with Gasteiger partial charge in [-0.25, -0.2) is 4.99 Å². The highest BCUT2D eigenvalue weighted by Crippen LogP contribution is 2.28. The molecule has 0 aliphatic heterocycles. The highest BCUT2D eigenvalue weighted by molar-refractivity contribution is 5.89. The van der Waals surface area contributed by atoms with Crippen LogP contribution in [-0.2, 0) is 20.9 Å². The van der Waals surface area contributed by atoms with Crippen LogP contribution in [0.3, 0.4) is 0 Å². The molecule has 0 bridgehead atoms. The molecule has 0 unspecified atom stereocenters. The maximum Gasteiger partial charge on any atom is 0.305 e. The van der Waals surface area contributed by atoms with Crippen molar-refractivity contribution in [3.05, 3.63) is 84.2 Å². The van der Waals surface area contributed by atoms with E-state index < -0.39 is 23.5 Å². The van der Waals surface area contributed by atoms with Gasteiger partial charge in [-0.1, -0.05) is 63.2 Å². The van der Waals surface area contributed by atoms with Crippen molar-refractivity contribution in [3.63, 3.8) is 0 Å². The topological polar surface area (TPSA) is 117 Å². The molecule has 0 saturated heterocycles. The zero-order valence-electron chi connectivity index (χ0n) is 21.5. The van der Waals surface area contributed by atoms with Gasteiger partial charge in [-0.2, -0.15) is 5.26 Å². The van der Waals surface area contributed by atoms with Crippen LogP contribution in [-0.4, -0.2) is 40.5 Å². The fraction of sp³-hybridized carbons (Fsp3) is 0.310. The van der Waals surface area contributed by atoms with E-state index >= 15 is 0 Å². The quantitative estimate of drug-likeness (QED) is 0.323. The van der Waals surface area contributed by atoms with E-state index in [-0.39, 0.29) is 24.8 Å². The van der Waals surface area contributed by atoms with E-state index in [1.165, 1.54) is 0 Å². The first-order chi connectivity index (χ1) is 17.6. The maximum atomic E-state index is 12.8. The van der Waals surface area contributed by atoms with Gasteiger partial charge in [0.2, 0.25) is 11.8 Å². The zero-order valence-corrected chi connectivity index (χ0v) is 21.5. The lowest BCUT2D eigenvalue weighted by Gasteiger charge is -2.28. The number of nitriles is 1. The minimum atomic E-state index is -1.03. The van der Waals surface area contributed by atoms with Crippen LogP contribution in [0.4, 0.5) is 0 Å². The summed E-state index contributed by atoms with van der Waals surface area (Å²) in [4.78, 5) is 29.4. The molecule has 8 nitrogen and oxygen atoms in total. The molecule has 3 rings (SSSR count). The molecule has 3 aromatic rings. The molecule has 0 aliphatic rings. The number of amides is 1. The Morgan fingerprint density at radius 3 is 2.32 bits per heavy atom. The Labute approximate surface area is 217 Å². The van der Waals surface area contributed by atoms with Gasteiger partial charge in [-0.05, 0) is 40.3 Å². The highest BCUT2D eigenvalue weighted by atomic mass is 16.5. The molecule has 2 atom stereocenters. The Bertz CT molecular complexity index is 1280. The summed E-state index contributed by atoms with van der Waals surface area (Å²) in [5.74, 6) is -1.15. The second-order valence-electron chi connectivity index (χ2n) is 9.77. The fourth-order valence-electron chi connectivity index (χ4n) is 3.86. The number of carboxylic acids is 1. The predicted molar refractivity (Wildman–Crippen MR) is 142 cm³/mol. The number of benzene rings is 2. The van der Waals surface area contributed by atoms with E-state index in [1.54, 1.807) is 29.9 Å². The number of hydrogen-bond acceptors (Lipinski definition) is 5. The average Bonchev–Trinajstić information content (AvgIpc) is 3.37. The van der Waals surface area contributed by atoms with Gasteiger partial charge in [0, 0.05) is 19.4 Å². The fourth-order valence-corrected chi connectivity index (χ4v) is 3.86. The summed E-state index contributed by atoms with van der Waals surface area (Å²) in [6.07, 6.45) is 3.30. The molecule has 8 heteroatoms. The average molecular weight is 501 g/mol. The minimum Gasteiger partial charge on any atom is -0.481 e. The van der Waals surface area contributed by atoms with Crippen molar-refractivity contribution < 1.29 is 19.4 Å². The van der Waals surface area contributed by atoms with Crippen molar-refractivity contribution in [2.24, 2.45) is 10.4 Å². The molecule has 2 aromatic carbocycles. The van der Waals surface area contributed by atoms with E-state index in [2.05, 4.69) is 11.4 Å². The lowest BCUT2D eigenvalue weighted by Crippen LogP contribution is -2.41. The Hall–Kier alpha value is -4.38. The van der Waals surface area contributed by atoms with Gasteiger partial charge in [0.05, 0.1) is 18.1 Å². The predicted octanol–water partition coefficient (Wildman–Crippen LogP) is 4.82. The van der Waals surface area contributed by atoms with Gasteiger partial charge in [-0.15, -0.1) is 0 Å². The van der Waals surface area contributed by atoms with E-state index in [9.17, 15) is 14.7 Å². The summed E-state index contributed by atoms with van der Waals surface area (Å²) in [5, 5.41) is 21.5. The standard InChI is InChI=1S/C29H32N4O4/c1-29(2,3)26(27(36)31-4)32-28(37-19-21-8-6-5-7-9-21)24(16-25(34)35)33-15-14-23(18-33)22-12-10-20(17-30)11-13-22/h5-15,18,24,26H,16,19H2,1-4H3,(H,31,36)(H,34,35)/t24-,26-/m1/s1. The van der Waals surface area contributed by atoms with Crippen molar-refractivity contribution in [2.75, 3.05) is 7.05 Å². The number of carboxylic acid groups (broad SMARTS) is 1. The second-order valence-corrected chi connectivity index (χ2v) is 9.77. The molecule has 1 heterocycles. The van der Waals surface area contributed by atoms with Gasteiger partial charge in [-0.3, -0.25) is 9.59 Å². The molecule has 0 fully saturated rings. The van der Waals surface area contributed by atoms with Crippen molar-refractivity contribution in [1.82, 2.24) is 9.88 Å². The number of aromatic nitrogens is 1. The molecule has 0 radical (unpaired) electrons. The Morgan fingerprint density at radius 2 is 1.76 bits per heavy atom. The highest BCUT2D eigenvalue weighted by Gasteiger charge is 2.33. The number of carbonyl (C=O) groups excluding carboxylic acids is 1. The van der Waals surface area contributed by atoms with E-state index in [1.807, 2.05) is 75.5 Å². The number of rotatable bonds is 9. The molecule has 0 aliphatic carbocycles. The number of hydrogen-bond donors (Lipinski definition) is 2. The summed E-state index contributed by atoms with van der Waals surface area (Å²) in [7, 11) is 1.55. The first kappa shape index (κ1) is 27.2. The van der Waals surface area contributed by atoms with E-state index in [0.29, 0.717) is 5.56 Å². The van der Waals surface area contributed by atoms with Gasteiger partial charge in [0.25, 0.3) is 0 Å². The summed E-state index contributed by atoms with van der Waals surface area (Å²) in [6, 6.07) is 19.0. The van der Waals surface area contributed by atoms with Crippen LogP contribution in [0, 0.1) is 16.7 Å². The van der Waals surface area contributed by atoms with E-state index in [0.717, 1.165) is 16.7 Å². The Balaban J connectivity index is 2.06. The Kier molecular flexibility index (Phi) is 8.86. The number of likely N-dealkylation sites (N-methyl/N-ethyl adjacent to an activating group) is 1. The van der Waals surface area contributed by atoms with Crippen molar-refractivity contribution in [2.45, 2.75) is 45.9 Å². The van der Waals surface area contributed by atoms with Crippen LogP contribution < -0.4 is 5.32 Å². The number of ether oxygens (including phenoxy) is 1. The summed E-state index contributed by atoms with van der Waals surface area (Å²) in [6.45, 7) is 5.87. The molecule has 0 saturated carbocycles. The third-order valence-electron chi connectivity index (χ3n) is 5.88. The third-order valence-corrected chi connectivity index (χ3v) is 5.88. The van der Waals surface area contributed by atoms with Crippen LogP contribution in [0.2, 0.25) is 0 Å². The van der Waals surface area contributed by atoms with E-state index in [4.69, 9.17) is 15.0 Å². The normalized spacial score (nSPS) is 13.3. The first-order valence-electron chi connectivity index (χ1n) is 12.0. The molecule has 2 N–H and O–H groups in total. The second kappa shape index (κ2) is 12.0. The van der Waals surface area contributed by atoms with Gasteiger partial charge in [0.1, 0.15) is 18.7 Å². The van der Waals surface area contributed by atoms with Crippen LogP contribution >= 0.6 is 0 Å². The summed E-state index contributed by atoms with van der Waals surface area (Å²) < 4.78 is 7.91. The zero-order chi connectivity index (χ0) is 27.0. The maximum absolute atomic E-state index is 12.8. The summed E-state index contributed by atoms with van der Waals surface area (Å²) in [5.41, 5.74) is 2.63. The molecular formula is C29H32N4O4. The number of nitrogens with one attached hydrogen (secondary N) is 1. The molecule has 1 amide bonds. The molecule has 0 spiro atoms. The van der Waals surface area contributed by atoms with Crippen molar-refractivity contribution in [3.8, 4) is 17.2 Å². The van der Waals surface area contributed by atoms with Gasteiger partial charge < -0.3 is 19.7 Å². The molecule has 1 aromatic heterocycles. The van der Waals surface area contributed by atoms with Crippen molar-refractivity contribution in [1.29, 1.82) is 5.26 Å². The summed E-state index contributed by atoms with van der Waals surface area (Å²) >= 11 is 0. The first-order valence-corrected chi connectivity index (χ1v) is 12.0. The molecular weight excluding hydrogens is 468 g/mol. The lowest BCUT2D eigenvalue weighted by molar-refractivity contribution is -0.137. The number of aliphatic carboxylic acids is 1. The van der Waals surface area contributed by atoms with Gasteiger partial charge in [0.15, 0.2) is 0 Å². The van der Waals surface area contributed by atoms with Crippen LogP contribution in [0.5, 0.6) is 0 Å². The van der Waals surface area contributed by atoms with Crippen LogP contribution in [0.25, 0.3) is 11.1 Å². The van der Waals surface area contributed by atoms with Crippen LogP contribution in [0.1, 0.15) is 44.4 Å². The number of nitrogens with zero attached hydrogens (tertiary/aromatic N) is 3. The largest absolute Gasteiger partial charge is 0.481 e. The smallest absolute Gasteiger partial charge is 0.305 e. The van der Waals surface area contributed by atoms with Crippen molar-refractivity contribution >= 4 is 17.8 Å². The molecule has 192 valence electrons. The monoisotopic (exact) mass is 500 g/mol. The molecule has 37 heavy (non-hydrogen) atoms. The number of carbonyl (C=O) groups is 2. The lowest BCUT2D eigenvalue weighted by atomic mass is 9.86. The minimum absolute atomic E-state index is 0.164. The third kappa shape index (κ3) is 7.31.